The topological polar surface area (TPSA) is 93.0 Å². The van der Waals surface area contributed by atoms with E-state index in [0.717, 1.165) is 12.0 Å². The summed E-state index contributed by atoms with van der Waals surface area (Å²) in [5.74, 6) is 0.415. The average molecular weight is 455 g/mol. The lowest BCUT2D eigenvalue weighted by atomic mass is 10.0. The van der Waals surface area contributed by atoms with E-state index in [1.54, 1.807) is 29.0 Å². The first-order valence-electron chi connectivity index (χ1n) is 10.5. The number of fused-ring (bicyclic) bond motifs is 1. The third-order valence-corrected chi connectivity index (χ3v) is 5.77. The van der Waals surface area contributed by atoms with Gasteiger partial charge in [-0.05, 0) is 37.6 Å². The zero-order valence-corrected chi connectivity index (χ0v) is 18.2. The van der Waals surface area contributed by atoms with Crippen molar-refractivity contribution in [2.24, 2.45) is 0 Å². The Morgan fingerprint density at radius 2 is 2.34 bits per heavy atom. The Balaban J connectivity index is 1.48. The van der Waals surface area contributed by atoms with Gasteiger partial charge in [0.05, 0.1) is 37.2 Å². The number of halogens is 1. The number of hydrogen-bond acceptors (Lipinski definition) is 7. The summed E-state index contributed by atoms with van der Waals surface area (Å²) in [4.78, 5) is 17.5. The molecule has 5 rings (SSSR count). The highest BCUT2D eigenvalue weighted by Gasteiger charge is 2.34. The molecule has 166 valence electrons. The minimum atomic E-state index is -0.352. The SMILES string of the molecule is CCOc1ccc(Cl)cc1C1NN(C2CCOC2)C=C1NC(=O)c1cnn2cccnc12. The third-order valence-electron chi connectivity index (χ3n) is 5.53. The fourth-order valence-electron chi connectivity index (χ4n) is 3.99. The monoisotopic (exact) mass is 454 g/mol. The number of ether oxygens (including phenoxy) is 2. The van der Waals surface area contributed by atoms with Crippen LogP contribution in [0.5, 0.6) is 5.75 Å². The second kappa shape index (κ2) is 8.78. The summed E-state index contributed by atoms with van der Waals surface area (Å²) in [5, 5.41) is 9.85. The van der Waals surface area contributed by atoms with E-state index in [1.807, 2.05) is 30.3 Å². The molecule has 2 aliphatic rings. The highest BCUT2D eigenvalue weighted by molar-refractivity contribution is 6.30. The lowest BCUT2D eigenvalue weighted by molar-refractivity contribution is 0.0964. The molecule has 1 saturated heterocycles. The summed E-state index contributed by atoms with van der Waals surface area (Å²) in [7, 11) is 0. The fourth-order valence-corrected chi connectivity index (χ4v) is 4.17. The number of rotatable bonds is 6. The largest absolute Gasteiger partial charge is 0.494 e. The number of hydrazine groups is 1. The highest BCUT2D eigenvalue weighted by Crippen LogP contribution is 2.36. The van der Waals surface area contributed by atoms with Crippen LogP contribution in [0.1, 0.15) is 35.3 Å². The van der Waals surface area contributed by atoms with Gasteiger partial charge in [-0.25, -0.2) is 14.9 Å². The summed E-state index contributed by atoms with van der Waals surface area (Å²) in [6, 6.07) is 7.07. The Bertz CT molecular complexity index is 1170. The smallest absolute Gasteiger partial charge is 0.261 e. The molecule has 0 saturated carbocycles. The van der Waals surface area contributed by atoms with Crippen LogP contribution in [-0.2, 0) is 4.74 Å². The minimum absolute atomic E-state index is 0.167. The van der Waals surface area contributed by atoms with E-state index in [9.17, 15) is 4.79 Å². The van der Waals surface area contributed by atoms with E-state index in [1.165, 1.54) is 6.20 Å². The average Bonchev–Trinajstić information content (AvgIpc) is 3.54. The van der Waals surface area contributed by atoms with Crippen LogP contribution in [0.25, 0.3) is 5.65 Å². The molecule has 4 heterocycles. The Morgan fingerprint density at radius 3 is 3.16 bits per heavy atom. The maximum atomic E-state index is 13.2. The number of aromatic nitrogens is 3. The van der Waals surface area contributed by atoms with Gasteiger partial charge in [-0.1, -0.05) is 11.6 Å². The molecule has 0 aliphatic carbocycles. The Hall–Kier alpha value is -3.14. The molecule has 3 aromatic rings. The Morgan fingerprint density at radius 1 is 1.44 bits per heavy atom. The summed E-state index contributed by atoms with van der Waals surface area (Å²) >= 11 is 6.32. The van der Waals surface area contributed by atoms with Crippen molar-refractivity contribution in [3.05, 3.63) is 70.9 Å². The van der Waals surface area contributed by atoms with Crippen molar-refractivity contribution < 1.29 is 14.3 Å². The van der Waals surface area contributed by atoms with E-state index < -0.39 is 0 Å². The van der Waals surface area contributed by atoms with Gasteiger partial charge in [-0.15, -0.1) is 0 Å². The number of benzene rings is 1. The van der Waals surface area contributed by atoms with Crippen LogP contribution in [0.2, 0.25) is 5.02 Å². The minimum Gasteiger partial charge on any atom is -0.494 e. The molecule has 32 heavy (non-hydrogen) atoms. The summed E-state index contributed by atoms with van der Waals surface area (Å²) in [6.07, 6.45) is 7.71. The molecule has 9 nitrogen and oxygen atoms in total. The zero-order valence-electron chi connectivity index (χ0n) is 17.5. The van der Waals surface area contributed by atoms with Crippen LogP contribution in [0.15, 0.2) is 54.8 Å². The van der Waals surface area contributed by atoms with Crippen LogP contribution in [0, 0.1) is 0 Å². The first-order chi connectivity index (χ1) is 15.6. The van der Waals surface area contributed by atoms with Gasteiger partial charge in [0.25, 0.3) is 5.91 Å². The number of carbonyl (C=O) groups is 1. The van der Waals surface area contributed by atoms with E-state index in [2.05, 4.69) is 20.8 Å². The normalized spacial score (nSPS) is 20.6. The maximum Gasteiger partial charge on any atom is 0.261 e. The van der Waals surface area contributed by atoms with E-state index in [0.29, 0.717) is 47.5 Å². The number of amides is 1. The molecule has 2 unspecified atom stereocenters. The molecular weight excluding hydrogens is 432 g/mol. The van der Waals surface area contributed by atoms with Crippen LogP contribution in [-0.4, -0.2) is 51.4 Å². The van der Waals surface area contributed by atoms with Gasteiger partial charge in [0.1, 0.15) is 11.3 Å². The van der Waals surface area contributed by atoms with Crippen molar-refractivity contribution in [3.63, 3.8) is 0 Å². The van der Waals surface area contributed by atoms with Gasteiger partial charge in [-0.3, -0.25) is 4.79 Å². The van der Waals surface area contributed by atoms with E-state index in [4.69, 9.17) is 21.1 Å². The zero-order chi connectivity index (χ0) is 22.1. The van der Waals surface area contributed by atoms with Crippen LogP contribution >= 0.6 is 11.6 Å². The van der Waals surface area contributed by atoms with Gasteiger partial charge in [0.15, 0.2) is 5.65 Å². The number of hydrogen-bond donors (Lipinski definition) is 2. The predicted molar refractivity (Wildman–Crippen MR) is 118 cm³/mol. The van der Waals surface area contributed by atoms with Crippen molar-refractivity contribution in [2.75, 3.05) is 19.8 Å². The van der Waals surface area contributed by atoms with Crippen molar-refractivity contribution in [1.29, 1.82) is 0 Å². The quantitative estimate of drug-likeness (QED) is 0.591. The lowest BCUT2D eigenvalue weighted by Gasteiger charge is -2.26. The predicted octanol–water partition coefficient (Wildman–Crippen LogP) is 2.70. The van der Waals surface area contributed by atoms with Crippen LogP contribution in [0.3, 0.4) is 0 Å². The first kappa shape index (κ1) is 20.7. The van der Waals surface area contributed by atoms with Crippen LogP contribution in [0.4, 0.5) is 0 Å². The van der Waals surface area contributed by atoms with Crippen molar-refractivity contribution in [1.82, 2.24) is 30.3 Å². The van der Waals surface area contributed by atoms with Gasteiger partial charge >= 0.3 is 0 Å². The molecular formula is C22H23ClN6O3. The molecule has 1 aromatic carbocycles. The molecule has 2 aliphatic heterocycles. The first-order valence-corrected chi connectivity index (χ1v) is 10.9. The van der Waals surface area contributed by atoms with Crippen molar-refractivity contribution in [2.45, 2.75) is 25.4 Å². The van der Waals surface area contributed by atoms with Gasteiger partial charge in [0, 0.05) is 35.8 Å². The third kappa shape index (κ3) is 3.90. The number of nitrogens with one attached hydrogen (secondary N) is 2. The molecule has 1 amide bonds. The maximum absolute atomic E-state index is 13.2. The second-order valence-electron chi connectivity index (χ2n) is 7.59. The van der Waals surface area contributed by atoms with Crippen molar-refractivity contribution in [3.8, 4) is 5.75 Å². The Kier molecular flexibility index (Phi) is 5.69. The van der Waals surface area contributed by atoms with Gasteiger partial charge < -0.3 is 19.8 Å². The molecule has 1 fully saturated rings. The van der Waals surface area contributed by atoms with E-state index >= 15 is 0 Å². The van der Waals surface area contributed by atoms with Gasteiger partial charge in [-0.2, -0.15) is 5.10 Å². The second-order valence-corrected chi connectivity index (χ2v) is 8.02. The van der Waals surface area contributed by atoms with Crippen LogP contribution < -0.4 is 15.5 Å². The molecule has 2 N–H and O–H groups in total. The summed E-state index contributed by atoms with van der Waals surface area (Å²) < 4.78 is 13.0. The van der Waals surface area contributed by atoms with Crippen molar-refractivity contribution >= 4 is 23.2 Å². The summed E-state index contributed by atoms with van der Waals surface area (Å²) in [5.41, 5.74) is 5.89. The van der Waals surface area contributed by atoms with E-state index in [-0.39, 0.29) is 18.0 Å². The highest BCUT2D eigenvalue weighted by atomic mass is 35.5. The standard InChI is InChI=1S/C22H23ClN6O3/c1-2-32-19-5-4-14(23)10-16(19)20-18(12-29(27-20)15-6-9-31-13-15)26-22(30)17-11-25-28-8-3-7-24-21(17)28/h3-5,7-8,10-12,15,20,27H,2,6,9,13H2,1H3,(H,26,30). The molecule has 2 aromatic heterocycles. The lowest BCUT2D eigenvalue weighted by Crippen LogP contribution is -2.40. The van der Waals surface area contributed by atoms with Gasteiger partial charge in [0.2, 0.25) is 0 Å². The number of nitrogens with zero attached hydrogens (tertiary/aromatic N) is 4. The molecule has 0 bridgehead atoms. The Labute approximate surface area is 189 Å². The fraction of sp³-hybridized carbons (Fsp3) is 0.318. The molecule has 0 radical (unpaired) electrons. The molecule has 0 spiro atoms. The number of carbonyl (C=O) groups excluding carboxylic acids is 1. The molecule has 10 heteroatoms. The molecule has 2 atom stereocenters. The summed E-state index contributed by atoms with van der Waals surface area (Å²) in [6.45, 7) is 3.77.